The van der Waals surface area contributed by atoms with Gasteiger partial charge in [-0.3, -0.25) is 0 Å². The molecule has 4 rings (SSSR count). The van der Waals surface area contributed by atoms with Crippen molar-refractivity contribution in [3.63, 3.8) is 0 Å². The van der Waals surface area contributed by atoms with E-state index in [0.717, 1.165) is 28.4 Å². The molecule has 0 bridgehead atoms. The van der Waals surface area contributed by atoms with Gasteiger partial charge >= 0.3 is 5.97 Å². The van der Waals surface area contributed by atoms with Crippen LogP contribution in [0.1, 0.15) is 54.8 Å². The molecule has 4 nitrogen and oxygen atoms in total. The number of unbranched alkanes of at least 4 members (excludes halogenated alkanes) is 2. The quantitative estimate of drug-likeness (QED) is 0.0851. The van der Waals surface area contributed by atoms with Crippen LogP contribution in [0.25, 0.3) is 39.8 Å². The van der Waals surface area contributed by atoms with Gasteiger partial charge in [0.1, 0.15) is 11.6 Å². The fourth-order valence-electron chi connectivity index (χ4n) is 4.49. The molecule has 0 aliphatic heterocycles. The maximum absolute atomic E-state index is 10.9. The Hall–Kier alpha value is -4.14. The van der Waals surface area contributed by atoms with Crippen molar-refractivity contribution < 1.29 is 9.90 Å². The number of nitrogens with zero attached hydrogens (tertiary/aromatic N) is 2. The summed E-state index contributed by atoms with van der Waals surface area (Å²) in [6.45, 7) is 6.72. The molecule has 0 radical (unpaired) electrons. The molecule has 3 aromatic carbocycles. The number of hydrogen-bond donors (Lipinski definition) is 1. The second-order valence-electron chi connectivity index (χ2n) is 9.61. The van der Waals surface area contributed by atoms with Crippen LogP contribution in [-0.4, -0.2) is 24.2 Å². The Morgan fingerprint density at radius 1 is 0.846 bits per heavy atom. The van der Waals surface area contributed by atoms with E-state index in [2.05, 4.69) is 79.4 Å². The number of rotatable bonds is 12. The zero-order valence-electron chi connectivity index (χ0n) is 22.6. The third-order valence-electron chi connectivity index (χ3n) is 6.69. The first-order valence-electron chi connectivity index (χ1n) is 13.5. The van der Waals surface area contributed by atoms with Crippen molar-refractivity contribution in [2.75, 3.05) is 18.0 Å². The van der Waals surface area contributed by atoms with Crippen LogP contribution in [0, 0.1) is 11.3 Å². The molecule has 5 heteroatoms. The van der Waals surface area contributed by atoms with Crippen LogP contribution in [0.5, 0.6) is 0 Å². The molecule has 0 saturated carbocycles. The van der Waals surface area contributed by atoms with Crippen molar-refractivity contribution >= 4 is 62.8 Å². The molecule has 1 heterocycles. The third-order valence-corrected chi connectivity index (χ3v) is 7.71. The highest BCUT2D eigenvalue weighted by Gasteiger charge is 2.08. The van der Waals surface area contributed by atoms with Gasteiger partial charge in [-0.1, -0.05) is 57.0 Å². The molecule has 0 unspecified atom stereocenters. The number of allylic oxidation sites excluding steroid dienone is 2. The molecule has 1 aromatic heterocycles. The SMILES string of the molecule is CCCCN(CCCC)c1ccc2cc3cc(/C=C/c4ccc(/C=C/C=C(\C#N)C(=O)O)s4)ccc3cc2c1. The number of carboxylic acid groups (broad SMARTS) is 1. The van der Waals surface area contributed by atoms with Crippen LogP contribution in [0.4, 0.5) is 5.69 Å². The van der Waals surface area contributed by atoms with Crippen LogP contribution in [0.2, 0.25) is 0 Å². The van der Waals surface area contributed by atoms with Crippen molar-refractivity contribution in [1.29, 1.82) is 5.26 Å². The summed E-state index contributed by atoms with van der Waals surface area (Å²) in [7, 11) is 0. The van der Waals surface area contributed by atoms with Crippen LogP contribution in [0.15, 0.2) is 78.4 Å². The average molecular weight is 535 g/mol. The summed E-state index contributed by atoms with van der Waals surface area (Å²) < 4.78 is 0. The summed E-state index contributed by atoms with van der Waals surface area (Å²) in [6.07, 6.45) is 13.8. The first kappa shape index (κ1) is 27.9. The maximum Gasteiger partial charge on any atom is 0.346 e. The summed E-state index contributed by atoms with van der Waals surface area (Å²) in [5, 5.41) is 22.7. The summed E-state index contributed by atoms with van der Waals surface area (Å²) >= 11 is 1.60. The molecule has 0 aliphatic carbocycles. The van der Waals surface area contributed by atoms with Gasteiger partial charge in [0.05, 0.1) is 0 Å². The normalized spacial score (nSPS) is 12.1. The molecule has 0 atom stereocenters. The monoisotopic (exact) mass is 534 g/mol. The van der Waals surface area contributed by atoms with E-state index in [9.17, 15) is 4.79 Å². The Morgan fingerprint density at radius 2 is 1.49 bits per heavy atom. The second kappa shape index (κ2) is 13.6. The van der Waals surface area contributed by atoms with Gasteiger partial charge < -0.3 is 10.0 Å². The summed E-state index contributed by atoms with van der Waals surface area (Å²) in [5.41, 5.74) is 2.17. The molecule has 0 aliphatic rings. The molecule has 39 heavy (non-hydrogen) atoms. The van der Waals surface area contributed by atoms with Crippen molar-refractivity contribution in [3.05, 3.63) is 93.7 Å². The highest BCUT2D eigenvalue weighted by Crippen LogP contribution is 2.29. The number of aliphatic carboxylic acids is 1. The lowest BCUT2D eigenvalue weighted by Gasteiger charge is -2.25. The van der Waals surface area contributed by atoms with Crippen LogP contribution >= 0.6 is 11.3 Å². The molecule has 4 aromatic rings. The highest BCUT2D eigenvalue weighted by molar-refractivity contribution is 7.13. The molecule has 0 spiro atoms. The number of nitriles is 1. The average Bonchev–Trinajstić information content (AvgIpc) is 3.40. The fraction of sp³-hybridized carbons (Fsp3) is 0.235. The number of fused-ring (bicyclic) bond motifs is 2. The van der Waals surface area contributed by atoms with Gasteiger partial charge in [0.2, 0.25) is 0 Å². The van der Waals surface area contributed by atoms with E-state index in [-0.39, 0.29) is 5.57 Å². The van der Waals surface area contributed by atoms with Crippen LogP contribution in [0.3, 0.4) is 0 Å². The molecular formula is C34H34N2O2S. The number of carboxylic acids is 1. The lowest BCUT2D eigenvalue weighted by atomic mass is 10.0. The third kappa shape index (κ3) is 7.46. The zero-order valence-corrected chi connectivity index (χ0v) is 23.4. The van der Waals surface area contributed by atoms with E-state index in [1.165, 1.54) is 59.0 Å². The second-order valence-corrected chi connectivity index (χ2v) is 10.8. The number of thiophene rings is 1. The largest absolute Gasteiger partial charge is 0.477 e. The van der Waals surface area contributed by atoms with Crippen LogP contribution < -0.4 is 4.90 Å². The minimum atomic E-state index is -1.22. The Balaban J connectivity index is 1.51. The van der Waals surface area contributed by atoms with Crippen molar-refractivity contribution in [1.82, 2.24) is 0 Å². The van der Waals surface area contributed by atoms with E-state index >= 15 is 0 Å². The van der Waals surface area contributed by atoms with Crippen molar-refractivity contribution in [2.24, 2.45) is 0 Å². The smallest absolute Gasteiger partial charge is 0.346 e. The van der Waals surface area contributed by atoms with Gasteiger partial charge in [0.25, 0.3) is 0 Å². The van der Waals surface area contributed by atoms with E-state index < -0.39 is 5.97 Å². The predicted molar refractivity (Wildman–Crippen MR) is 167 cm³/mol. The number of anilines is 1. The Bertz CT molecular complexity index is 1580. The fourth-order valence-corrected chi connectivity index (χ4v) is 5.32. The summed E-state index contributed by atoms with van der Waals surface area (Å²) in [6, 6.07) is 23.7. The highest BCUT2D eigenvalue weighted by atomic mass is 32.1. The lowest BCUT2D eigenvalue weighted by Crippen LogP contribution is -2.25. The first-order chi connectivity index (χ1) is 19.0. The first-order valence-corrected chi connectivity index (χ1v) is 14.3. The lowest BCUT2D eigenvalue weighted by molar-refractivity contribution is -0.132. The molecular weight excluding hydrogens is 500 g/mol. The predicted octanol–water partition coefficient (Wildman–Crippen LogP) is 9.18. The van der Waals surface area contributed by atoms with Gasteiger partial charge in [-0.25, -0.2) is 4.79 Å². The number of hydrogen-bond acceptors (Lipinski definition) is 4. The summed E-state index contributed by atoms with van der Waals surface area (Å²) in [5.74, 6) is -1.22. The van der Waals surface area contributed by atoms with Gasteiger partial charge in [0, 0.05) is 28.5 Å². The van der Waals surface area contributed by atoms with Gasteiger partial charge in [-0.2, -0.15) is 5.26 Å². The maximum atomic E-state index is 10.9. The van der Waals surface area contributed by atoms with E-state index in [4.69, 9.17) is 10.4 Å². The Kier molecular flexibility index (Phi) is 9.72. The van der Waals surface area contributed by atoms with Crippen molar-refractivity contribution in [3.8, 4) is 6.07 Å². The standard InChI is InChI=1S/C34H34N2O2S/c1-3-5-18-36(19-6-4-2)31-14-13-27-21-29-20-25(10-12-26(29)22-30(27)23-31)11-15-33-17-16-32(39-33)9-7-8-28(24-35)34(37)38/h7-17,20-23H,3-6,18-19H2,1-2H3,(H,37,38)/b9-7+,15-11+,28-8+. The van der Waals surface area contributed by atoms with Gasteiger partial charge in [-0.05, 0) is 101 Å². The Morgan fingerprint density at radius 3 is 2.13 bits per heavy atom. The minimum Gasteiger partial charge on any atom is -0.477 e. The van der Waals surface area contributed by atoms with E-state index in [1.54, 1.807) is 23.5 Å². The summed E-state index contributed by atoms with van der Waals surface area (Å²) in [4.78, 5) is 15.5. The van der Waals surface area contributed by atoms with E-state index in [1.807, 2.05) is 18.2 Å². The topological polar surface area (TPSA) is 64.3 Å². The minimum absolute atomic E-state index is 0.284. The molecule has 0 amide bonds. The van der Waals surface area contributed by atoms with Crippen molar-refractivity contribution in [2.45, 2.75) is 39.5 Å². The van der Waals surface area contributed by atoms with Gasteiger partial charge in [0.15, 0.2) is 0 Å². The van der Waals surface area contributed by atoms with E-state index in [0.29, 0.717) is 0 Å². The van der Waals surface area contributed by atoms with Gasteiger partial charge in [-0.15, -0.1) is 11.3 Å². The Labute approximate surface area is 234 Å². The molecule has 0 saturated heterocycles. The molecule has 0 fully saturated rings. The number of benzene rings is 3. The zero-order chi connectivity index (χ0) is 27.6. The van der Waals surface area contributed by atoms with Crippen LogP contribution in [-0.2, 0) is 4.79 Å². The number of carbonyl (C=O) groups is 1. The molecule has 198 valence electrons. The molecule has 1 N–H and O–H groups in total.